The Kier molecular flexibility index (Phi) is 7.08. The number of aromatic nitrogens is 4. The summed E-state index contributed by atoms with van der Waals surface area (Å²) in [5.74, 6) is 1.24. The molecule has 2 aromatic heterocycles. The summed E-state index contributed by atoms with van der Waals surface area (Å²) >= 11 is 1.31. The molecule has 182 valence electrons. The fourth-order valence-electron chi connectivity index (χ4n) is 4.14. The molecule has 1 N–H and O–H groups in total. The van der Waals surface area contributed by atoms with Gasteiger partial charge in [-0.25, -0.2) is 4.98 Å². The monoisotopic (exact) mass is 498 g/mol. The highest BCUT2D eigenvalue weighted by Gasteiger charge is 2.26. The normalized spacial score (nSPS) is 14.1. The zero-order valence-corrected chi connectivity index (χ0v) is 20.7. The summed E-state index contributed by atoms with van der Waals surface area (Å²) < 4.78 is 1.83. The molecule has 1 aliphatic rings. The molecule has 1 aliphatic heterocycles. The van der Waals surface area contributed by atoms with Crippen LogP contribution in [0.2, 0.25) is 0 Å². The molecule has 1 saturated heterocycles. The first-order chi connectivity index (χ1) is 17.6. The first-order valence-electron chi connectivity index (χ1n) is 11.9. The molecule has 0 bridgehead atoms. The average Bonchev–Trinajstić information content (AvgIpc) is 3.51. The molecule has 2 amide bonds. The predicted octanol–water partition coefficient (Wildman–Crippen LogP) is 4.57. The number of rotatable bonds is 8. The number of para-hydroxylation sites is 1. The van der Waals surface area contributed by atoms with Gasteiger partial charge in [0.1, 0.15) is 5.82 Å². The van der Waals surface area contributed by atoms with Crippen LogP contribution in [0.1, 0.15) is 25.6 Å². The van der Waals surface area contributed by atoms with Gasteiger partial charge in [-0.2, -0.15) is 0 Å². The highest BCUT2D eigenvalue weighted by atomic mass is 32.2. The van der Waals surface area contributed by atoms with E-state index in [0.717, 1.165) is 23.2 Å². The van der Waals surface area contributed by atoms with E-state index in [1.54, 1.807) is 11.1 Å². The molecule has 9 heteroatoms. The van der Waals surface area contributed by atoms with Crippen molar-refractivity contribution in [1.29, 1.82) is 0 Å². The van der Waals surface area contributed by atoms with Crippen molar-refractivity contribution in [3.05, 3.63) is 84.8 Å². The SMILES string of the molecule is C[C@@H](Sc1nnc(CN2CCCC2=O)n1-c1ccccn1)C(=O)Nc1ccccc1-c1ccccc1. The molecule has 0 aliphatic carbocycles. The molecule has 0 saturated carbocycles. The van der Waals surface area contributed by atoms with E-state index >= 15 is 0 Å². The van der Waals surface area contributed by atoms with Crippen molar-refractivity contribution in [2.24, 2.45) is 0 Å². The molecule has 0 unspecified atom stereocenters. The topological polar surface area (TPSA) is 93.0 Å². The lowest BCUT2D eigenvalue weighted by Gasteiger charge is -2.17. The van der Waals surface area contributed by atoms with E-state index in [2.05, 4.69) is 20.5 Å². The van der Waals surface area contributed by atoms with Gasteiger partial charge in [0.15, 0.2) is 11.0 Å². The van der Waals surface area contributed by atoms with E-state index in [0.29, 0.717) is 36.3 Å². The highest BCUT2D eigenvalue weighted by Crippen LogP contribution is 2.30. The summed E-state index contributed by atoms with van der Waals surface area (Å²) in [7, 11) is 0. The Hall–Kier alpha value is -3.98. The second kappa shape index (κ2) is 10.7. The number of thioether (sulfide) groups is 1. The van der Waals surface area contributed by atoms with Crippen molar-refractivity contribution < 1.29 is 9.59 Å². The van der Waals surface area contributed by atoms with E-state index in [4.69, 9.17) is 0 Å². The summed E-state index contributed by atoms with van der Waals surface area (Å²) in [5.41, 5.74) is 2.74. The average molecular weight is 499 g/mol. The van der Waals surface area contributed by atoms with E-state index < -0.39 is 5.25 Å². The van der Waals surface area contributed by atoms with Gasteiger partial charge in [0, 0.05) is 30.4 Å². The van der Waals surface area contributed by atoms with Gasteiger partial charge in [-0.15, -0.1) is 10.2 Å². The zero-order chi connectivity index (χ0) is 24.9. The van der Waals surface area contributed by atoms with Crippen LogP contribution in [0.5, 0.6) is 0 Å². The third kappa shape index (κ3) is 5.16. The number of nitrogens with zero attached hydrogens (tertiary/aromatic N) is 5. The van der Waals surface area contributed by atoms with Gasteiger partial charge in [0.25, 0.3) is 0 Å². The maximum Gasteiger partial charge on any atom is 0.237 e. The summed E-state index contributed by atoms with van der Waals surface area (Å²) in [6, 6.07) is 23.3. The maximum absolute atomic E-state index is 13.2. The number of pyridine rings is 1. The Morgan fingerprint density at radius 3 is 2.56 bits per heavy atom. The van der Waals surface area contributed by atoms with Crippen molar-refractivity contribution in [1.82, 2.24) is 24.6 Å². The fourth-order valence-corrected chi connectivity index (χ4v) is 5.02. The summed E-state index contributed by atoms with van der Waals surface area (Å²) in [6.45, 7) is 2.90. The summed E-state index contributed by atoms with van der Waals surface area (Å²) in [4.78, 5) is 31.7. The first-order valence-corrected chi connectivity index (χ1v) is 12.7. The fraction of sp³-hybridized carbons (Fsp3) is 0.222. The number of amides is 2. The Balaban J connectivity index is 1.37. The minimum atomic E-state index is -0.457. The number of nitrogens with one attached hydrogen (secondary N) is 1. The van der Waals surface area contributed by atoms with E-state index in [1.807, 2.05) is 84.3 Å². The van der Waals surface area contributed by atoms with Crippen LogP contribution in [0, 0.1) is 0 Å². The lowest BCUT2D eigenvalue weighted by Crippen LogP contribution is -2.26. The van der Waals surface area contributed by atoms with Crippen LogP contribution in [0.3, 0.4) is 0 Å². The third-order valence-electron chi connectivity index (χ3n) is 6.00. The smallest absolute Gasteiger partial charge is 0.237 e. The van der Waals surface area contributed by atoms with Gasteiger partial charge >= 0.3 is 0 Å². The molecule has 8 nitrogen and oxygen atoms in total. The van der Waals surface area contributed by atoms with Crippen LogP contribution in [0.4, 0.5) is 5.69 Å². The summed E-state index contributed by atoms with van der Waals surface area (Å²) in [5, 5.41) is 11.9. The minimum absolute atomic E-state index is 0.115. The molecule has 2 aromatic carbocycles. The van der Waals surface area contributed by atoms with Crippen LogP contribution < -0.4 is 5.32 Å². The van der Waals surface area contributed by atoms with Gasteiger partial charge < -0.3 is 10.2 Å². The van der Waals surface area contributed by atoms with Crippen molar-refractivity contribution in [2.75, 3.05) is 11.9 Å². The van der Waals surface area contributed by atoms with E-state index in [-0.39, 0.29) is 11.8 Å². The van der Waals surface area contributed by atoms with E-state index in [9.17, 15) is 9.59 Å². The minimum Gasteiger partial charge on any atom is -0.335 e. The Labute approximate surface area is 213 Å². The van der Waals surface area contributed by atoms with Crippen molar-refractivity contribution in [3.63, 3.8) is 0 Å². The number of hydrogen-bond donors (Lipinski definition) is 1. The third-order valence-corrected chi connectivity index (χ3v) is 7.05. The quantitative estimate of drug-likeness (QED) is 0.358. The molecular weight excluding hydrogens is 472 g/mol. The molecular formula is C27H26N6O2S. The van der Waals surface area contributed by atoms with Crippen LogP contribution >= 0.6 is 11.8 Å². The lowest BCUT2D eigenvalue weighted by atomic mass is 10.0. The molecule has 4 aromatic rings. The van der Waals surface area contributed by atoms with Crippen molar-refractivity contribution in [3.8, 4) is 16.9 Å². The van der Waals surface area contributed by atoms with E-state index in [1.165, 1.54) is 11.8 Å². The molecule has 3 heterocycles. The molecule has 36 heavy (non-hydrogen) atoms. The molecule has 0 radical (unpaired) electrons. The number of carbonyl (C=O) groups is 2. The first kappa shape index (κ1) is 23.7. The number of anilines is 1. The largest absolute Gasteiger partial charge is 0.335 e. The predicted molar refractivity (Wildman–Crippen MR) is 140 cm³/mol. The number of likely N-dealkylation sites (tertiary alicyclic amines) is 1. The van der Waals surface area contributed by atoms with Crippen molar-refractivity contribution in [2.45, 2.75) is 36.7 Å². The van der Waals surface area contributed by atoms with Crippen molar-refractivity contribution >= 4 is 29.3 Å². The second-order valence-corrected chi connectivity index (χ2v) is 9.81. The van der Waals surface area contributed by atoms with Crippen LogP contribution in [-0.4, -0.2) is 48.3 Å². The second-order valence-electron chi connectivity index (χ2n) is 8.50. The summed E-state index contributed by atoms with van der Waals surface area (Å²) in [6.07, 6.45) is 3.10. The van der Waals surface area contributed by atoms with Crippen LogP contribution in [-0.2, 0) is 16.1 Å². The van der Waals surface area contributed by atoms with Crippen LogP contribution in [0.25, 0.3) is 16.9 Å². The lowest BCUT2D eigenvalue weighted by molar-refractivity contribution is -0.128. The Morgan fingerprint density at radius 2 is 1.81 bits per heavy atom. The zero-order valence-electron chi connectivity index (χ0n) is 19.9. The van der Waals surface area contributed by atoms with Crippen LogP contribution in [0.15, 0.2) is 84.1 Å². The molecule has 1 atom stereocenters. The van der Waals surface area contributed by atoms with Gasteiger partial charge in [0.05, 0.1) is 11.8 Å². The number of hydrogen-bond acceptors (Lipinski definition) is 6. The molecule has 5 rings (SSSR count). The highest BCUT2D eigenvalue weighted by molar-refractivity contribution is 8.00. The van der Waals surface area contributed by atoms with Gasteiger partial charge in [-0.3, -0.25) is 14.2 Å². The van der Waals surface area contributed by atoms with Gasteiger partial charge in [-0.1, -0.05) is 66.4 Å². The standard InChI is InChI=1S/C27H26N6O2S/c1-19(26(35)29-22-13-6-5-12-21(22)20-10-3-2-4-11-20)36-27-31-30-24(18-32-17-9-15-25(32)34)33(27)23-14-7-8-16-28-23/h2-8,10-14,16,19H,9,15,17-18H2,1H3,(H,29,35)/t19-/m1/s1. The number of carbonyl (C=O) groups excluding carboxylic acids is 2. The van der Waals surface area contributed by atoms with Gasteiger partial charge in [0.2, 0.25) is 11.8 Å². The molecule has 1 fully saturated rings. The number of benzene rings is 2. The Bertz CT molecular complexity index is 1360. The van der Waals surface area contributed by atoms with Gasteiger partial charge in [-0.05, 0) is 37.1 Å². The maximum atomic E-state index is 13.2. The Morgan fingerprint density at radius 1 is 1.03 bits per heavy atom. The molecule has 0 spiro atoms.